The van der Waals surface area contributed by atoms with Crippen LogP contribution in [0.4, 0.5) is 34.5 Å². The first-order valence-electron chi connectivity index (χ1n) is 24.0. The molecule has 16 nitrogen and oxygen atoms in total. The summed E-state index contributed by atoms with van der Waals surface area (Å²) < 4.78 is 0. The number of nitrogens with one attached hydrogen (secondary N) is 3. The van der Waals surface area contributed by atoms with E-state index in [2.05, 4.69) is 49.7 Å². The molecule has 3 fully saturated rings. The SMILES string of the molecule is CNc1ncc(-c2ccnc(N3CCc4c(sc5c4CCCC5)C3=O)c2C)cc1Nc1ccc(N2CCN(C3CCN(c4ccc5c(c4)C(=O)N(C4CCC(=O)NC4=O)C5=O)CC3)C[C@@H]2C)cn1. The number of nitrogens with zero attached hydrogens (tertiary/aromatic N) is 8. The van der Waals surface area contributed by atoms with E-state index in [1.54, 1.807) is 29.7 Å². The van der Waals surface area contributed by atoms with Gasteiger partial charge in [-0.2, -0.15) is 0 Å². The molecule has 4 aromatic heterocycles. The van der Waals surface area contributed by atoms with Gasteiger partial charge >= 0.3 is 0 Å². The summed E-state index contributed by atoms with van der Waals surface area (Å²) in [6.07, 6.45) is 13.2. The number of amides is 5. The van der Waals surface area contributed by atoms with Gasteiger partial charge in [0.1, 0.15) is 23.5 Å². The number of rotatable bonds is 9. The first-order chi connectivity index (χ1) is 33.0. The maximum absolute atomic E-state index is 14.0. The van der Waals surface area contributed by atoms with Gasteiger partial charge in [0.05, 0.1) is 33.6 Å². The van der Waals surface area contributed by atoms with E-state index in [4.69, 9.17) is 15.0 Å². The number of carbonyl (C=O) groups is 5. The van der Waals surface area contributed by atoms with E-state index in [0.717, 1.165) is 108 Å². The first kappa shape index (κ1) is 43.8. The fraction of sp³-hybridized carbons (Fsp3) is 0.412. The summed E-state index contributed by atoms with van der Waals surface area (Å²) in [5, 5.41) is 8.99. The van der Waals surface area contributed by atoms with Crippen LogP contribution in [0.3, 0.4) is 0 Å². The van der Waals surface area contributed by atoms with Crippen LogP contribution in [0.25, 0.3) is 11.1 Å². The number of fused-ring (bicyclic) bond motifs is 4. The summed E-state index contributed by atoms with van der Waals surface area (Å²) in [6.45, 7) is 9.32. The lowest BCUT2D eigenvalue weighted by molar-refractivity contribution is -0.136. The third-order valence-corrected chi connectivity index (χ3v) is 16.3. The van der Waals surface area contributed by atoms with E-state index in [9.17, 15) is 24.0 Å². The van der Waals surface area contributed by atoms with Crippen molar-refractivity contribution >= 4 is 75.4 Å². The average Bonchev–Trinajstić information content (AvgIpc) is 3.86. The summed E-state index contributed by atoms with van der Waals surface area (Å²) in [7, 11) is 1.85. The summed E-state index contributed by atoms with van der Waals surface area (Å²) in [5.74, 6) is 0.190. The second kappa shape index (κ2) is 17.7. The minimum atomic E-state index is -0.978. The number of hydrogen-bond donors (Lipinski definition) is 3. The molecule has 5 amide bonds. The third kappa shape index (κ3) is 7.74. The number of aryl methyl sites for hydroxylation is 1. The smallest absolute Gasteiger partial charge is 0.269 e. The molecule has 5 aliphatic heterocycles. The number of imide groups is 2. The summed E-state index contributed by atoms with van der Waals surface area (Å²) in [6, 6.07) is 13.3. The van der Waals surface area contributed by atoms with Gasteiger partial charge in [-0.25, -0.2) is 15.0 Å². The molecular weight excluding hydrogens is 879 g/mol. The van der Waals surface area contributed by atoms with Crippen molar-refractivity contribution in [2.75, 3.05) is 71.6 Å². The van der Waals surface area contributed by atoms with Crippen LogP contribution in [-0.4, -0.2) is 119 Å². The number of piperidine rings is 2. The van der Waals surface area contributed by atoms with Crippen molar-refractivity contribution in [2.45, 2.75) is 89.8 Å². The van der Waals surface area contributed by atoms with E-state index in [1.807, 2.05) is 49.5 Å². The predicted molar refractivity (Wildman–Crippen MR) is 262 cm³/mol. The van der Waals surface area contributed by atoms with Crippen LogP contribution in [0, 0.1) is 6.92 Å². The number of pyridine rings is 3. The molecule has 0 radical (unpaired) electrons. The fourth-order valence-electron chi connectivity index (χ4n) is 11.3. The molecule has 0 saturated carbocycles. The van der Waals surface area contributed by atoms with Gasteiger partial charge in [0.15, 0.2) is 0 Å². The Morgan fingerprint density at radius 2 is 1.56 bits per heavy atom. The normalized spacial score (nSPS) is 21.2. The van der Waals surface area contributed by atoms with E-state index < -0.39 is 29.7 Å². The molecule has 9 heterocycles. The van der Waals surface area contributed by atoms with E-state index in [1.165, 1.54) is 28.8 Å². The van der Waals surface area contributed by atoms with Gasteiger partial charge < -0.3 is 20.4 Å². The number of hydrogen-bond acceptors (Lipinski definition) is 14. The quantitative estimate of drug-likeness (QED) is 0.140. The average molecular weight is 934 g/mol. The van der Waals surface area contributed by atoms with Crippen LogP contribution in [0.2, 0.25) is 0 Å². The molecule has 350 valence electrons. The summed E-state index contributed by atoms with van der Waals surface area (Å²) >= 11 is 1.69. The molecule has 3 N–H and O–H groups in total. The van der Waals surface area contributed by atoms with Crippen LogP contribution in [0.5, 0.6) is 0 Å². The molecular formula is C51H55N11O5S. The molecule has 0 spiro atoms. The highest BCUT2D eigenvalue weighted by Crippen LogP contribution is 2.41. The first-order valence-corrected chi connectivity index (χ1v) is 24.8. The molecule has 5 aromatic rings. The molecule has 1 aliphatic carbocycles. The largest absolute Gasteiger partial charge is 0.371 e. The standard InChI is InChI=1S/C51H55N11O5S/c1-29-28-59(32-15-19-58(20-16-32)33-8-10-38-39(25-33)50(66)62(49(38)65)41-11-13-44(63)57-48(41)64)22-23-60(29)34-9-12-43(54-27-34)56-40-24-31(26-55-46(40)52-3)35-14-18-53-47(30(35)2)61-21-17-37-36-6-4-5-7-42(36)68-45(37)51(61)67/h8-10,12,14,18,24-27,29,32,41H,4-7,11,13,15-17,19-23,28H2,1-3H3,(H,52,55)(H,54,56)(H,57,63,64)/t29-,41?/m0/s1. The minimum Gasteiger partial charge on any atom is -0.371 e. The molecule has 2 atom stereocenters. The molecule has 17 heteroatoms. The second-order valence-corrected chi connectivity index (χ2v) is 20.0. The molecule has 3 saturated heterocycles. The monoisotopic (exact) mass is 933 g/mol. The van der Waals surface area contributed by atoms with Crippen molar-refractivity contribution in [1.29, 1.82) is 0 Å². The highest BCUT2D eigenvalue weighted by atomic mass is 32.1. The molecule has 0 bridgehead atoms. The Balaban J connectivity index is 0.709. The Morgan fingerprint density at radius 1 is 0.750 bits per heavy atom. The zero-order chi connectivity index (χ0) is 46.8. The zero-order valence-electron chi connectivity index (χ0n) is 38.6. The van der Waals surface area contributed by atoms with Crippen LogP contribution in [0.1, 0.15) is 97.4 Å². The van der Waals surface area contributed by atoms with Crippen LogP contribution < -0.4 is 30.7 Å². The maximum atomic E-state index is 14.0. The van der Waals surface area contributed by atoms with Crippen molar-refractivity contribution in [3.63, 3.8) is 0 Å². The summed E-state index contributed by atoms with van der Waals surface area (Å²) in [5.41, 5.74) is 8.88. The Kier molecular flexibility index (Phi) is 11.4. The van der Waals surface area contributed by atoms with E-state index in [0.29, 0.717) is 41.2 Å². The van der Waals surface area contributed by atoms with Crippen LogP contribution in [-0.2, 0) is 28.9 Å². The molecule has 6 aliphatic rings. The van der Waals surface area contributed by atoms with Gasteiger partial charge in [-0.1, -0.05) is 0 Å². The van der Waals surface area contributed by atoms with E-state index in [-0.39, 0.29) is 24.8 Å². The molecule has 1 aromatic carbocycles. The lowest BCUT2D eigenvalue weighted by Gasteiger charge is -2.46. The molecule has 1 unspecified atom stereocenters. The fourth-order valence-corrected chi connectivity index (χ4v) is 12.7. The summed E-state index contributed by atoms with van der Waals surface area (Å²) in [4.78, 5) is 91.7. The lowest BCUT2D eigenvalue weighted by atomic mass is 9.92. The lowest BCUT2D eigenvalue weighted by Crippen LogP contribution is -2.57. The van der Waals surface area contributed by atoms with Gasteiger partial charge in [0.25, 0.3) is 17.7 Å². The second-order valence-electron chi connectivity index (χ2n) is 18.9. The van der Waals surface area contributed by atoms with Gasteiger partial charge in [0.2, 0.25) is 11.8 Å². The van der Waals surface area contributed by atoms with Gasteiger partial charge in [0, 0.05) is 93.3 Å². The van der Waals surface area contributed by atoms with Crippen molar-refractivity contribution in [3.8, 4) is 11.1 Å². The Morgan fingerprint density at radius 3 is 2.34 bits per heavy atom. The van der Waals surface area contributed by atoms with Crippen molar-refractivity contribution in [2.24, 2.45) is 0 Å². The number of anilines is 6. The highest BCUT2D eigenvalue weighted by Gasteiger charge is 2.45. The van der Waals surface area contributed by atoms with Gasteiger partial charge in [-0.3, -0.25) is 44.0 Å². The van der Waals surface area contributed by atoms with Crippen molar-refractivity contribution in [1.82, 2.24) is 30.1 Å². The van der Waals surface area contributed by atoms with Crippen molar-refractivity contribution in [3.05, 3.63) is 98.6 Å². The highest BCUT2D eigenvalue weighted by molar-refractivity contribution is 7.14. The van der Waals surface area contributed by atoms with E-state index >= 15 is 0 Å². The Hall–Kier alpha value is -6.72. The zero-order valence-corrected chi connectivity index (χ0v) is 39.5. The number of benzene rings is 1. The van der Waals surface area contributed by atoms with Gasteiger partial charge in [-0.05, 0) is 130 Å². The third-order valence-electron chi connectivity index (χ3n) is 14.9. The number of aromatic nitrogens is 3. The molecule has 11 rings (SSSR count). The van der Waals surface area contributed by atoms with Crippen LogP contribution in [0.15, 0.2) is 61.1 Å². The topological polar surface area (TPSA) is 176 Å². The van der Waals surface area contributed by atoms with Crippen molar-refractivity contribution < 1.29 is 24.0 Å². The minimum absolute atomic E-state index is 0.0614. The van der Waals surface area contributed by atoms with Gasteiger partial charge in [-0.15, -0.1) is 11.3 Å². The number of carbonyl (C=O) groups excluding carboxylic acids is 5. The number of thiophene rings is 1. The Labute approximate surface area is 399 Å². The number of piperazine rings is 1. The maximum Gasteiger partial charge on any atom is 0.269 e. The predicted octanol–water partition coefficient (Wildman–Crippen LogP) is 6.36. The van der Waals surface area contributed by atoms with Crippen LogP contribution >= 0.6 is 11.3 Å². The Bertz CT molecular complexity index is 2880. The molecule has 68 heavy (non-hydrogen) atoms.